The Morgan fingerprint density at radius 1 is 1.28 bits per heavy atom. The van der Waals surface area contributed by atoms with E-state index in [0.29, 0.717) is 19.1 Å². The molecular formula is C22H34ClN5O2S2. The predicted octanol–water partition coefficient (Wildman–Crippen LogP) is 4.00. The van der Waals surface area contributed by atoms with E-state index in [2.05, 4.69) is 5.10 Å². The van der Waals surface area contributed by atoms with Crippen LogP contribution in [0.15, 0.2) is 28.1 Å². The third-order valence-corrected chi connectivity index (χ3v) is 9.56. The molecule has 0 N–H and O–H groups in total. The molecule has 2 aromatic rings. The van der Waals surface area contributed by atoms with E-state index in [4.69, 9.17) is 16.6 Å². The standard InChI is InChI=1S/C22H34ClN5O2S2/c1-6-28(15-16(2)26(3)4)32(29,30)20-14-17(12-13-19(20)23)21-25-27(5)22(31-21)24-18-10-8-7-9-11-18/h12-14,16,18H,6-11,15H2,1-5H3/b24-22+. The molecule has 10 heteroatoms. The Hall–Kier alpha value is -1.26. The summed E-state index contributed by atoms with van der Waals surface area (Å²) in [7, 11) is 2.02. The molecule has 1 aliphatic carbocycles. The van der Waals surface area contributed by atoms with Gasteiger partial charge in [0.25, 0.3) is 0 Å². The molecule has 0 spiro atoms. The van der Waals surface area contributed by atoms with Crippen molar-refractivity contribution in [1.29, 1.82) is 0 Å². The van der Waals surface area contributed by atoms with Gasteiger partial charge in [-0.05, 0) is 46.0 Å². The van der Waals surface area contributed by atoms with Crippen molar-refractivity contribution in [3.8, 4) is 10.6 Å². The average Bonchev–Trinajstić information content (AvgIpc) is 3.12. The van der Waals surface area contributed by atoms with Gasteiger partial charge in [0, 0.05) is 31.7 Å². The highest BCUT2D eigenvalue weighted by Gasteiger charge is 2.28. The third-order valence-electron chi connectivity index (χ3n) is 6.07. The molecule has 1 aliphatic rings. The second-order valence-corrected chi connectivity index (χ2v) is 11.9. The second kappa shape index (κ2) is 10.8. The minimum Gasteiger partial charge on any atom is -0.305 e. The number of aryl methyl sites for hydroxylation is 1. The molecule has 0 bridgehead atoms. The summed E-state index contributed by atoms with van der Waals surface area (Å²) < 4.78 is 30.2. The number of aromatic nitrogens is 2. The highest BCUT2D eigenvalue weighted by atomic mass is 35.5. The Bertz CT molecular complexity index is 1090. The van der Waals surface area contributed by atoms with Crippen LogP contribution in [0.4, 0.5) is 0 Å². The van der Waals surface area contributed by atoms with E-state index in [9.17, 15) is 8.42 Å². The van der Waals surface area contributed by atoms with E-state index >= 15 is 0 Å². The van der Waals surface area contributed by atoms with Crippen LogP contribution in [-0.2, 0) is 17.1 Å². The van der Waals surface area contributed by atoms with Crippen molar-refractivity contribution in [3.05, 3.63) is 28.0 Å². The van der Waals surface area contributed by atoms with Crippen molar-refractivity contribution in [2.45, 2.75) is 62.9 Å². The van der Waals surface area contributed by atoms with Crippen LogP contribution in [0.3, 0.4) is 0 Å². The molecule has 0 aliphatic heterocycles. The fourth-order valence-electron chi connectivity index (χ4n) is 3.77. The Kier molecular flexibility index (Phi) is 8.54. The zero-order valence-corrected chi connectivity index (χ0v) is 22.0. The highest BCUT2D eigenvalue weighted by molar-refractivity contribution is 7.89. The fourth-order valence-corrected chi connectivity index (χ4v) is 6.76. The molecule has 1 fully saturated rings. The van der Waals surface area contributed by atoms with E-state index in [-0.39, 0.29) is 16.0 Å². The number of halogens is 1. The second-order valence-electron chi connectivity index (χ2n) is 8.65. The monoisotopic (exact) mass is 499 g/mol. The fraction of sp³-hybridized carbons (Fsp3) is 0.636. The van der Waals surface area contributed by atoms with Crippen molar-refractivity contribution >= 4 is 33.0 Å². The highest BCUT2D eigenvalue weighted by Crippen LogP contribution is 2.31. The van der Waals surface area contributed by atoms with Crippen molar-refractivity contribution < 1.29 is 8.42 Å². The molecule has 7 nitrogen and oxygen atoms in total. The number of sulfonamides is 1. The maximum Gasteiger partial charge on any atom is 0.244 e. The lowest BCUT2D eigenvalue weighted by Gasteiger charge is -2.28. The van der Waals surface area contributed by atoms with Gasteiger partial charge in [0.05, 0.1) is 11.1 Å². The Morgan fingerprint density at radius 3 is 2.59 bits per heavy atom. The molecule has 32 heavy (non-hydrogen) atoms. The smallest absolute Gasteiger partial charge is 0.244 e. The van der Waals surface area contributed by atoms with Crippen LogP contribution >= 0.6 is 22.9 Å². The SMILES string of the molecule is CCN(CC(C)N(C)C)S(=O)(=O)c1cc(-c2nn(C)/c(=N\C3CCCCC3)s2)ccc1Cl. The lowest BCUT2D eigenvalue weighted by molar-refractivity contribution is 0.261. The predicted molar refractivity (Wildman–Crippen MR) is 132 cm³/mol. The van der Waals surface area contributed by atoms with Gasteiger partial charge < -0.3 is 4.90 Å². The van der Waals surface area contributed by atoms with Crippen LogP contribution in [0, 0.1) is 0 Å². The van der Waals surface area contributed by atoms with Crippen LogP contribution in [0.2, 0.25) is 5.02 Å². The molecule has 0 radical (unpaired) electrons. The van der Waals surface area contributed by atoms with Crippen LogP contribution < -0.4 is 4.80 Å². The lowest BCUT2D eigenvalue weighted by Crippen LogP contribution is -2.41. The van der Waals surface area contributed by atoms with Crippen LogP contribution in [-0.4, -0.2) is 66.7 Å². The first-order chi connectivity index (χ1) is 15.1. The number of likely N-dealkylation sites (N-methyl/N-ethyl adjacent to an activating group) is 2. The number of nitrogens with zero attached hydrogens (tertiary/aromatic N) is 5. The first-order valence-corrected chi connectivity index (χ1v) is 13.8. The van der Waals surface area contributed by atoms with Crippen molar-refractivity contribution in [1.82, 2.24) is 19.0 Å². The van der Waals surface area contributed by atoms with Crippen LogP contribution in [0.1, 0.15) is 46.0 Å². The summed E-state index contributed by atoms with van der Waals surface area (Å²) >= 11 is 7.86. The molecule has 3 rings (SSSR count). The zero-order valence-electron chi connectivity index (χ0n) is 19.6. The topological polar surface area (TPSA) is 70.8 Å². The van der Waals surface area contributed by atoms with E-state index in [1.165, 1.54) is 34.9 Å². The van der Waals surface area contributed by atoms with Gasteiger partial charge in [-0.1, -0.05) is 55.2 Å². The molecule has 1 aromatic heterocycles. The maximum atomic E-state index is 13.4. The van der Waals surface area contributed by atoms with Gasteiger partial charge in [0.15, 0.2) is 0 Å². The minimum atomic E-state index is -3.75. The average molecular weight is 500 g/mol. The van der Waals surface area contributed by atoms with Gasteiger partial charge in [-0.25, -0.2) is 13.1 Å². The van der Waals surface area contributed by atoms with E-state index in [0.717, 1.165) is 28.2 Å². The molecule has 0 saturated heterocycles. The maximum absolute atomic E-state index is 13.4. The normalized spacial score (nSPS) is 17.4. The summed E-state index contributed by atoms with van der Waals surface area (Å²) in [5.41, 5.74) is 0.732. The molecule has 1 unspecified atom stereocenters. The van der Waals surface area contributed by atoms with Gasteiger partial charge in [-0.3, -0.25) is 4.99 Å². The first-order valence-electron chi connectivity index (χ1n) is 11.2. The van der Waals surface area contributed by atoms with Crippen LogP contribution in [0.5, 0.6) is 0 Å². The van der Waals surface area contributed by atoms with Gasteiger partial charge in [-0.2, -0.15) is 9.40 Å². The lowest BCUT2D eigenvalue weighted by atomic mass is 9.96. The largest absolute Gasteiger partial charge is 0.305 e. The first kappa shape index (κ1) is 25.4. The Labute approximate surface area is 200 Å². The van der Waals surface area contributed by atoms with E-state index in [1.807, 2.05) is 46.0 Å². The van der Waals surface area contributed by atoms with Crippen molar-refractivity contribution in [3.63, 3.8) is 0 Å². The summed E-state index contributed by atoms with van der Waals surface area (Å²) in [6, 6.07) is 5.54. The van der Waals surface area contributed by atoms with Gasteiger partial charge in [0.1, 0.15) is 9.90 Å². The number of benzene rings is 1. The minimum absolute atomic E-state index is 0.0775. The summed E-state index contributed by atoms with van der Waals surface area (Å²) in [6.07, 6.45) is 5.98. The zero-order chi connectivity index (χ0) is 23.5. The summed E-state index contributed by atoms with van der Waals surface area (Å²) in [6.45, 7) is 4.61. The molecule has 1 saturated carbocycles. The number of hydrogen-bond donors (Lipinski definition) is 0. The van der Waals surface area contributed by atoms with E-state index in [1.54, 1.807) is 16.8 Å². The molecule has 178 valence electrons. The third kappa shape index (κ3) is 5.80. The molecule has 1 atom stereocenters. The molecule has 0 amide bonds. The summed E-state index contributed by atoms with van der Waals surface area (Å²) in [5, 5.41) is 5.58. The van der Waals surface area contributed by atoms with Gasteiger partial charge >= 0.3 is 0 Å². The van der Waals surface area contributed by atoms with Gasteiger partial charge in [0.2, 0.25) is 14.8 Å². The van der Waals surface area contributed by atoms with Crippen LogP contribution in [0.25, 0.3) is 10.6 Å². The number of hydrogen-bond acceptors (Lipinski definition) is 6. The van der Waals surface area contributed by atoms with Crippen molar-refractivity contribution in [2.75, 3.05) is 27.2 Å². The van der Waals surface area contributed by atoms with E-state index < -0.39 is 10.0 Å². The summed E-state index contributed by atoms with van der Waals surface area (Å²) in [4.78, 5) is 7.89. The Morgan fingerprint density at radius 2 is 1.97 bits per heavy atom. The van der Waals surface area contributed by atoms with Gasteiger partial charge in [-0.15, -0.1) is 0 Å². The molecule has 1 heterocycles. The quantitative estimate of drug-likeness (QED) is 0.550. The molecular weight excluding hydrogens is 466 g/mol. The molecule has 1 aromatic carbocycles. The van der Waals surface area contributed by atoms with Crippen molar-refractivity contribution in [2.24, 2.45) is 12.0 Å². The number of rotatable bonds is 8. The Balaban J connectivity index is 1.95. The summed E-state index contributed by atoms with van der Waals surface area (Å²) in [5.74, 6) is 0.